The van der Waals surface area contributed by atoms with Gasteiger partial charge >= 0.3 is 6.01 Å². The number of aliphatic hydroxyl groups is 1. The first-order valence-electron chi connectivity index (χ1n) is 15.5. The van der Waals surface area contributed by atoms with Gasteiger partial charge in [0.15, 0.2) is 5.82 Å². The topological polar surface area (TPSA) is 122 Å². The molecule has 2 aliphatic heterocycles. The molecule has 3 fully saturated rings. The molecular weight excluding hydrogens is 584 g/mol. The number of nitrogens with zero attached hydrogens (tertiary/aromatic N) is 4. The SMILES string of the molecule is COc1nc(-c2cc(O)cc3cccc(F)c23)c(F)c2nc(OC[C@@]34CCCNC3CCC4)nc(N3CCOC[C@@](C)(O)C3)c12. The van der Waals surface area contributed by atoms with E-state index in [2.05, 4.69) is 15.3 Å². The molecule has 3 N–H and O–H groups in total. The van der Waals surface area contributed by atoms with E-state index in [-0.39, 0.29) is 69.6 Å². The molecule has 7 rings (SSSR count). The number of fused-ring (bicyclic) bond motifs is 3. The number of β-amino-alcohol motifs (C(OH)–C–C–N with tert-alkyl or cyclic N) is 1. The van der Waals surface area contributed by atoms with E-state index in [0.29, 0.717) is 31.2 Å². The predicted octanol–water partition coefficient (Wildman–Crippen LogP) is 4.73. The highest BCUT2D eigenvalue weighted by atomic mass is 19.1. The van der Waals surface area contributed by atoms with Crippen molar-refractivity contribution in [2.45, 2.75) is 50.7 Å². The summed E-state index contributed by atoms with van der Waals surface area (Å²) in [6.07, 6.45) is 5.25. The molecule has 1 aliphatic carbocycles. The van der Waals surface area contributed by atoms with Gasteiger partial charge in [0.25, 0.3) is 0 Å². The molecule has 3 atom stereocenters. The van der Waals surface area contributed by atoms with Crippen molar-refractivity contribution in [3.63, 3.8) is 0 Å². The Morgan fingerprint density at radius 1 is 1.13 bits per heavy atom. The van der Waals surface area contributed by atoms with Gasteiger partial charge in [-0.3, -0.25) is 0 Å². The standard InChI is InChI=1S/C33H37F2N5O5/c1-32(42)16-40(12-13-44-17-32)29-25-28(38-31(39-29)45-18-33-9-4-8-23(33)36-11-5-10-33)26(35)27(37-30(25)43-2)21-15-20(41)14-19-6-3-7-22(34)24(19)21/h3,6-7,14-15,23,36,41-42H,4-5,8-13,16-18H2,1-2H3/t23?,32-,33+/m0/s1. The maximum Gasteiger partial charge on any atom is 0.319 e. The minimum atomic E-state index is -1.21. The lowest BCUT2D eigenvalue weighted by Crippen LogP contribution is -2.49. The van der Waals surface area contributed by atoms with Crippen molar-refractivity contribution in [1.82, 2.24) is 20.3 Å². The number of hydrogen-bond donors (Lipinski definition) is 3. The minimum absolute atomic E-state index is 0.00604. The van der Waals surface area contributed by atoms with Gasteiger partial charge in [-0.2, -0.15) is 9.97 Å². The van der Waals surface area contributed by atoms with Crippen LogP contribution in [0.3, 0.4) is 0 Å². The van der Waals surface area contributed by atoms with Crippen LogP contribution >= 0.6 is 0 Å². The highest BCUT2D eigenvalue weighted by Gasteiger charge is 2.45. The van der Waals surface area contributed by atoms with Crippen LogP contribution in [-0.4, -0.2) is 83.4 Å². The molecule has 0 bridgehead atoms. The maximum absolute atomic E-state index is 16.9. The molecule has 4 aromatic rings. The fraction of sp³-hybridized carbons (Fsp3) is 0.485. The maximum atomic E-state index is 16.9. The minimum Gasteiger partial charge on any atom is -0.508 e. The highest BCUT2D eigenvalue weighted by molar-refractivity contribution is 6.02. The van der Waals surface area contributed by atoms with Crippen LogP contribution in [0.25, 0.3) is 32.9 Å². The van der Waals surface area contributed by atoms with E-state index in [4.69, 9.17) is 19.2 Å². The highest BCUT2D eigenvalue weighted by Crippen LogP contribution is 2.45. The molecule has 2 aromatic carbocycles. The summed E-state index contributed by atoms with van der Waals surface area (Å²) in [7, 11) is 1.40. The van der Waals surface area contributed by atoms with Crippen LogP contribution in [-0.2, 0) is 4.74 Å². The van der Waals surface area contributed by atoms with Crippen molar-refractivity contribution >= 4 is 27.5 Å². The molecule has 0 radical (unpaired) electrons. The molecule has 2 aromatic heterocycles. The fourth-order valence-corrected chi connectivity index (χ4v) is 7.39. The van der Waals surface area contributed by atoms with Gasteiger partial charge in [-0.1, -0.05) is 18.6 Å². The van der Waals surface area contributed by atoms with Gasteiger partial charge in [0.2, 0.25) is 5.88 Å². The molecule has 0 spiro atoms. The summed E-state index contributed by atoms with van der Waals surface area (Å²) < 4.78 is 49.8. The average molecular weight is 622 g/mol. The molecule has 238 valence electrons. The first-order valence-corrected chi connectivity index (χ1v) is 15.5. The van der Waals surface area contributed by atoms with Gasteiger partial charge in [0.05, 0.1) is 33.5 Å². The number of aromatic hydroxyl groups is 1. The summed E-state index contributed by atoms with van der Waals surface area (Å²) in [5.74, 6) is -1.32. The Balaban J connectivity index is 1.42. The second-order valence-electron chi connectivity index (χ2n) is 12.8. The van der Waals surface area contributed by atoms with E-state index >= 15 is 8.78 Å². The van der Waals surface area contributed by atoms with Gasteiger partial charge in [0, 0.05) is 29.0 Å². The van der Waals surface area contributed by atoms with Crippen molar-refractivity contribution in [1.29, 1.82) is 0 Å². The summed E-state index contributed by atoms with van der Waals surface area (Å²) in [6, 6.07) is 7.43. The summed E-state index contributed by atoms with van der Waals surface area (Å²) in [5.41, 5.74) is -1.59. The van der Waals surface area contributed by atoms with Crippen molar-refractivity contribution in [2.24, 2.45) is 5.41 Å². The zero-order valence-corrected chi connectivity index (χ0v) is 25.4. The van der Waals surface area contributed by atoms with E-state index in [1.54, 1.807) is 17.9 Å². The van der Waals surface area contributed by atoms with Gasteiger partial charge in [-0.15, -0.1) is 0 Å². The van der Waals surface area contributed by atoms with Crippen molar-refractivity contribution in [3.8, 4) is 28.9 Å². The van der Waals surface area contributed by atoms with E-state index in [9.17, 15) is 10.2 Å². The monoisotopic (exact) mass is 621 g/mol. The molecule has 3 aliphatic rings. The Kier molecular flexibility index (Phi) is 7.61. The van der Waals surface area contributed by atoms with Gasteiger partial charge in [0.1, 0.15) is 39.6 Å². The number of nitrogens with one attached hydrogen (secondary N) is 1. The third-order valence-electron chi connectivity index (χ3n) is 9.46. The summed E-state index contributed by atoms with van der Waals surface area (Å²) in [4.78, 5) is 15.7. The number of benzene rings is 2. The molecule has 45 heavy (non-hydrogen) atoms. The smallest absolute Gasteiger partial charge is 0.319 e. The lowest BCUT2D eigenvalue weighted by atomic mass is 9.76. The van der Waals surface area contributed by atoms with Crippen LogP contribution in [0.1, 0.15) is 39.0 Å². The summed E-state index contributed by atoms with van der Waals surface area (Å²) in [5, 5.41) is 25.8. The van der Waals surface area contributed by atoms with E-state index in [1.165, 1.54) is 31.4 Å². The number of ether oxygens (including phenoxy) is 3. The average Bonchev–Trinajstić information content (AvgIpc) is 3.36. The van der Waals surface area contributed by atoms with Gasteiger partial charge < -0.3 is 34.6 Å². The fourth-order valence-electron chi connectivity index (χ4n) is 7.39. The van der Waals surface area contributed by atoms with E-state index < -0.39 is 17.2 Å². The van der Waals surface area contributed by atoms with Crippen molar-refractivity contribution < 1.29 is 33.2 Å². The van der Waals surface area contributed by atoms with Gasteiger partial charge in [-0.25, -0.2) is 13.8 Å². The lowest BCUT2D eigenvalue weighted by Gasteiger charge is -2.39. The van der Waals surface area contributed by atoms with Crippen molar-refractivity contribution in [2.75, 3.05) is 51.5 Å². The lowest BCUT2D eigenvalue weighted by molar-refractivity contribution is -0.0123. The number of phenolic OH excluding ortho intramolecular Hbond substituents is 1. The number of aromatic nitrogens is 3. The molecule has 1 saturated carbocycles. The normalized spacial score (nSPS) is 25.4. The van der Waals surface area contributed by atoms with Crippen molar-refractivity contribution in [3.05, 3.63) is 42.0 Å². The molecule has 1 unspecified atom stereocenters. The van der Waals surface area contributed by atoms with Crippen LogP contribution in [0.2, 0.25) is 0 Å². The molecule has 12 heteroatoms. The number of pyridine rings is 1. The van der Waals surface area contributed by atoms with Crippen LogP contribution in [0.15, 0.2) is 30.3 Å². The number of piperidine rings is 1. The summed E-state index contributed by atoms with van der Waals surface area (Å²) in [6.45, 7) is 3.93. The second-order valence-corrected chi connectivity index (χ2v) is 12.8. The number of anilines is 1. The Labute approximate surface area is 259 Å². The van der Waals surface area contributed by atoms with Crippen LogP contribution in [0, 0.1) is 17.0 Å². The third kappa shape index (κ3) is 5.38. The molecule has 0 amide bonds. The summed E-state index contributed by atoms with van der Waals surface area (Å²) >= 11 is 0. The zero-order chi connectivity index (χ0) is 31.3. The van der Waals surface area contributed by atoms with Crippen LogP contribution < -0.4 is 19.7 Å². The number of hydrogen-bond acceptors (Lipinski definition) is 10. The Hall–Kier alpha value is -3.87. The number of rotatable bonds is 6. The second kappa shape index (κ2) is 11.5. The number of methoxy groups -OCH3 is 1. The van der Waals surface area contributed by atoms with Crippen LogP contribution in [0.4, 0.5) is 14.6 Å². The first-order chi connectivity index (χ1) is 21.7. The zero-order valence-electron chi connectivity index (χ0n) is 25.4. The number of halogens is 2. The molecule has 10 nitrogen and oxygen atoms in total. The Morgan fingerprint density at radius 2 is 1.98 bits per heavy atom. The van der Waals surface area contributed by atoms with E-state index in [1.807, 2.05) is 0 Å². The number of phenols is 1. The van der Waals surface area contributed by atoms with E-state index in [0.717, 1.165) is 38.6 Å². The largest absolute Gasteiger partial charge is 0.508 e. The molecular formula is C33H37F2N5O5. The van der Waals surface area contributed by atoms with Gasteiger partial charge in [-0.05, 0) is 62.7 Å². The Bertz CT molecular complexity index is 1770. The first kappa shape index (κ1) is 29.8. The van der Waals surface area contributed by atoms with Crippen LogP contribution in [0.5, 0.6) is 17.6 Å². The Morgan fingerprint density at radius 3 is 2.82 bits per heavy atom. The molecule has 2 saturated heterocycles. The molecule has 4 heterocycles. The predicted molar refractivity (Wildman–Crippen MR) is 165 cm³/mol. The third-order valence-corrected chi connectivity index (χ3v) is 9.46. The quantitative estimate of drug-likeness (QED) is 0.279.